The van der Waals surface area contributed by atoms with E-state index in [0.717, 1.165) is 19.3 Å². The van der Waals surface area contributed by atoms with Crippen molar-refractivity contribution < 1.29 is 14.3 Å². The summed E-state index contributed by atoms with van der Waals surface area (Å²) in [5.74, 6) is -1.19. The molecule has 0 radical (unpaired) electrons. The highest BCUT2D eigenvalue weighted by Crippen LogP contribution is 2.12. The molecule has 0 amide bonds. The van der Waals surface area contributed by atoms with Gasteiger partial charge in [-0.3, -0.25) is 9.59 Å². The Hall–Kier alpha value is -0.860. The zero-order chi connectivity index (χ0) is 12.7. The first kappa shape index (κ1) is 15.1. The number of esters is 1. The van der Waals surface area contributed by atoms with Crippen LogP contribution in [0.3, 0.4) is 0 Å². The molecule has 0 saturated heterocycles. The van der Waals surface area contributed by atoms with Gasteiger partial charge in [0.15, 0.2) is 0 Å². The largest absolute Gasteiger partial charge is 0.462 e. The molecule has 0 aromatic rings. The van der Waals surface area contributed by atoms with Gasteiger partial charge in [0.2, 0.25) is 0 Å². The van der Waals surface area contributed by atoms with E-state index in [1.165, 1.54) is 0 Å². The summed E-state index contributed by atoms with van der Waals surface area (Å²) in [5.41, 5.74) is 0. The summed E-state index contributed by atoms with van der Waals surface area (Å²) in [6.07, 6.45) is 2.91. The van der Waals surface area contributed by atoms with Crippen LogP contribution in [0.15, 0.2) is 0 Å². The zero-order valence-electron chi connectivity index (χ0n) is 11.1. The lowest BCUT2D eigenvalue weighted by atomic mass is 9.97. The Balaban J connectivity index is 4.10. The molecular weight excluding hydrogens is 204 g/mol. The van der Waals surface area contributed by atoms with Gasteiger partial charge < -0.3 is 4.74 Å². The minimum absolute atomic E-state index is 0.0484. The van der Waals surface area contributed by atoms with Crippen LogP contribution in [0.2, 0.25) is 0 Å². The Kier molecular flexibility index (Phi) is 7.02. The van der Waals surface area contributed by atoms with Gasteiger partial charge in [-0.05, 0) is 20.3 Å². The lowest BCUT2D eigenvalue weighted by Gasteiger charge is -2.17. The van der Waals surface area contributed by atoms with Crippen LogP contribution in [-0.4, -0.2) is 17.9 Å². The van der Waals surface area contributed by atoms with E-state index in [9.17, 15) is 9.59 Å². The van der Waals surface area contributed by atoms with Gasteiger partial charge in [0.25, 0.3) is 0 Å². The van der Waals surface area contributed by atoms with Gasteiger partial charge in [0.05, 0.1) is 6.10 Å². The smallest absolute Gasteiger partial charge is 0.316 e. The first-order valence-electron chi connectivity index (χ1n) is 6.14. The van der Waals surface area contributed by atoms with Crippen LogP contribution in [0.25, 0.3) is 0 Å². The third-order valence-corrected chi connectivity index (χ3v) is 2.63. The molecule has 0 aromatic heterocycles. The predicted octanol–water partition coefficient (Wildman–Crippen LogP) is 2.97. The first-order valence-corrected chi connectivity index (χ1v) is 6.14. The number of hydrogen-bond acceptors (Lipinski definition) is 3. The predicted molar refractivity (Wildman–Crippen MR) is 64.1 cm³/mol. The molecule has 0 fully saturated rings. The molecule has 0 aliphatic rings. The number of rotatable bonds is 7. The molecule has 0 bridgehead atoms. The number of Topliss-reactive ketones (excluding diaryl/α,β-unsaturated/α-hetero) is 1. The van der Waals surface area contributed by atoms with Gasteiger partial charge in [0.1, 0.15) is 11.7 Å². The van der Waals surface area contributed by atoms with E-state index < -0.39 is 5.92 Å². The van der Waals surface area contributed by atoms with E-state index in [2.05, 4.69) is 6.92 Å². The highest BCUT2D eigenvalue weighted by Gasteiger charge is 2.26. The molecule has 0 aliphatic heterocycles. The van der Waals surface area contributed by atoms with Crippen molar-refractivity contribution >= 4 is 11.8 Å². The van der Waals surface area contributed by atoms with E-state index in [-0.39, 0.29) is 23.8 Å². The van der Waals surface area contributed by atoms with Crippen molar-refractivity contribution in [3.8, 4) is 0 Å². The number of hydrogen-bond donors (Lipinski definition) is 0. The molecule has 0 aliphatic carbocycles. The number of unbranched alkanes of at least 4 members (excludes halogenated alkanes) is 1. The fourth-order valence-corrected chi connectivity index (χ4v) is 1.47. The van der Waals surface area contributed by atoms with E-state index in [1.807, 2.05) is 6.92 Å². The fraction of sp³-hybridized carbons (Fsp3) is 0.846. The van der Waals surface area contributed by atoms with E-state index in [0.29, 0.717) is 0 Å². The normalized spacial score (nSPS) is 14.6. The van der Waals surface area contributed by atoms with Crippen LogP contribution in [0.5, 0.6) is 0 Å². The van der Waals surface area contributed by atoms with Crippen LogP contribution in [0.4, 0.5) is 0 Å². The molecule has 3 nitrogen and oxygen atoms in total. The molecule has 2 atom stereocenters. The summed E-state index contributed by atoms with van der Waals surface area (Å²) in [5, 5.41) is 0. The van der Waals surface area contributed by atoms with Crippen LogP contribution < -0.4 is 0 Å². The summed E-state index contributed by atoms with van der Waals surface area (Å²) >= 11 is 0. The molecule has 0 aromatic carbocycles. The summed E-state index contributed by atoms with van der Waals surface area (Å²) in [4.78, 5) is 23.2. The Labute approximate surface area is 98.6 Å². The van der Waals surface area contributed by atoms with Gasteiger partial charge in [-0.25, -0.2) is 0 Å². The molecule has 0 saturated carbocycles. The molecule has 0 spiro atoms. The standard InChI is InChI=1S/C13H24O3/c1-6-7-8-10(4)16-13(15)11(5)12(14)9(2)3/h9-11H,6-8H2,1-5H3. The van der Waals surface area contributed by atoms with Crippen molar-refractivity contribution in [3.63, 3.8) is 0 Å². The number of carbonyl (C=O) groups excluding carboxylic acids is 2. The van der Waals surface area contributed by atoms with Crippen LogP contribution in [0.1, 0.15) is 53.9 Å². The van der Waals surface area contributed by atoms with Crippen molar-refractivity contribution in [2.24, 2.45) is 11.8 Å². The van der Waals surface area contributed by atoms with Crippen LogP contribution >= 0.6 is 0 Å². The number of ether oxygens (including phenoxy) is 1. The second-order valence-corrected chi connectivity index (χ2v) is 4.67. The van der Waals surface area contributed by atoms with Gasteiger partial charge in [-0.1, -0.05) is 33.6 Å². The molecule has 2 unspecified atom stereocenters. The second kappa shape index (κ2) is 7.42. The average molecular weight is 228 g/mol. The van der Waals surface area contributed by atoms with E-state index in [4.69, 9.17) is 4.74 Å². The highest BCUT2D eigenvalue weighted by atomic mass is 16.5. The molecule has 0 heterocycles. The average Bonchev–Trinajstić information content (AvgIpc) is 2.23. The van der Waals surface area contributed by atoms with Gasteiger partial charge >= 0.3 is 5.97 Å². The Morgan fingerprint density at radius 3 is 2.12 bits per heavy atom. The molecule has 0 rings (SSSR count). The third kappa shape index (κ3) is 5.29. The van der Waals surface area contributed by atoms with Gasteiger partial charge in [-0.15, -0.1) is 0 Å². The number of carbonyl (C=O) groups is 2. The van der Waals surface area contributed by atoms with E-state index in [1.54, 1.807) is 20.8 Å². The highest BCUT2D eigenvalue weighted by molar-refractivity contribution is 5.99. The summed E-state index contributed by atoms with van der Waals surface area (Å²) < 4.78 is 5.23. The lowest BCUT2D eigenvalue weighted by Crippen LogP contribution is -2.29. The van der Waals surface area contributed by atoms with Crippen molar-refractivity contribution in [3.05, 3.63) is 0 Å². The first-order chi connectivity index (χ1) is 7.40. The summed E-state index contributed by atoms with van der Waals surface area (Å²) in [6.45, 7) is 9.19. The topological polar surface area (TPSA) is 43.4 Å². The van der Waals surface area contributed by atoms with Crippen LogP contribution in [0, 0.1) is 11.8 Å². The second-order valence-electron chi connectivity index (χ2n) is 4.67. The number of ketones is 1. The summed E-state index contributed by atoms with van der Waals surface area (Å²) in [6, 6.07) is 0. The quantitative estimate of drug-likeness (QED) is 0.497. The van der Waals surface area contributed by atoms with Gasteiger partial charge in [-0.2, -0.15) is 0 Å². The van der Waals surface area contributed by atoms with Crippen molar-refractivity contribution in [2.45, 2.75) is 60.0 Å². The molecular formula is C13H24O3. The molecule has 0 N–H and O–H groups in total. The van der Waals surface area contributed by atoms with E-state index >= 15 is 0 Å². The van der Waals surface area contributed by atoms with Crippen molar-refractivity contribution in [2.75, 3.05) is 0 Å². The Morgan fingerprint density at radius 1 is 1.12 bits per heavy atom. The SMILES string of the molecule is CCCCC(C)OC(=O)C(C)C(=O)C(C)C. The maximum absolute atomic E-state index is 11.6. The minimum Gasteiger partial charge on any atom is -0.462 e. The maximum atomic E-state index is 11.6. The molecule has 3 heteroatoms. The van der Waals surface area contributed by atoms with Crippen molar-refractivity contribution in [1.82, 2.24) is 0 Å². The monoisotopic (exact) mass is 228 g/mol. The Bertz CT molecular complexity index is 233. The van der Waals surface area contributed by atoms with Gasteiger partial charge in [0, 0.05) is 5.92 Å². The maximum Gasteiger partial charge on any atom is 0.316 e. The van der Waals surface area contributed by atoms with Crippen LogP contribution in [-0.2, 0) is 14.3 Å². The Morgan fingerprint density at radius 2 is 1.69 bits per heavy atom. The fourth-order valence-electron chi connectivity index (χ4n) is 1.47. The summed E-state index contributed by atoms with van der Waals surface area (Å²) in [7, 11) is 0. The van der Waals surface area contributed by atoms with Crippen molar-refractivity contribution in [1.29, 1.82) is 0 Å². The molecule has 94 valence electrons. The molecule has 16 heavy (non-hydrogen) atoms. The lowest BCUT2D eigenvalue weighted by molar-refractivity contribution is -0.156. The third-order valence-electron chi connectivity index (χ3n) is 2.63. The minimum atomic E-state index is -0.635. The zero-order valence-corrected chi connectivity index (χ0v) is 11.1.